The third kappa shape index (κ3) is 3.85. The number of nitrogens with zero attached hydrogens (tertiary/aromatic N) is 1. The molecule has 3 N–H and O–H groups in total. The fraction of sp³-hybridized carbons (Fsp3) is 0.571. The maximum Gasteiger partial charge on any atom is 0.254 e. The highest BCUT2D eigenvalue weighted by Gasteiger charge is 2.34. The summed E-state index contributed by atoms with van der Waals surface area (Å²) >= 11 is 1.61. The Balaban J connectivity index is 0.00000205. The average Bonchev–Trinajstić information content (AvgIpc) is 3.61. The normalized spacial score (nSPS) is 21.2. The number of fused-ring (bicyclic) bond motifs is 1. The van der Waals surface area contributed by atoms with Crippen molar-refractivity contribution in [2.24, 2.45) is 17.8 Å². The molecular weight excluding hydrogens is 372 g/mol. The molecule has 6 nitrogen and oxygen atoms in total. The molecule has 0 spiro atoms. The number of carbonyl (C=O) groups excluding carboxylic acids is 2. The largest absolute Gasteiger partial charge is 0.352 e. The molecule has 0 saturated heterocycles. The van der Waals surface area contributed by atoms with Crippen molar-refractivity contribution in [3.05, 3.63) is 34.2 Å². The molecule has 2 saturated carbocycles. The molecule has 2 heterocycles. The molecule has 0 aromatic carbocycles. The van der Waals surface area contributed by atoms with Gasteiger partial charge in [-0.15, -0.1) is 11.3 Å². The minimum absolute atomic E-state index is 0. The molecule has 0 radical (unpaired) electrons. The zero-order valence-electron chi connectivity index (χ0n) is 15.9. The zero-order valence-corrected chi connectivity index (χ0v) is 16.7. The van der Waals surface area contributed by atoms with Crippen LogP contribution in [0, 0.1) is 17.8 Å². The van der Waals surface area contributed by atoms with Crippen molar-refractivity contribution in [2.45, 2.75) is 51.4 Å². The van der Waals surface area contributed by atoms with E-state index in [1.165, 1.54) is 17.7 Å². The second-order valence-electron chi connectivity index (χ2n) is 8.47. The van der Waals surface area contributed by atoms with Gasteiger partial charge in [0.25, 0.3) is 5.91 Å². The Kier molecular flexibility index (Phi) is 4.70. The Morgan fingerprint density at radius 1 is 1.21 bits per heavy atom. The number of carbonyl (C=O) groups is 2. The number of aromatic nitrogens is 2. The average molecular weight is 401 g/mol. The number of rotatable bonds is 7. The fourth-order valence-corrected chi connectivity index (χ4v) is 5.29. The number of H-pyrrole nitrogens is 1. The van der Waals surface area contributed by atoms with E-state index in [-0.39, 0.29) is 19.2 Å². The Labute approximate surface area is 170 Å². The van der Waals surface area contributed by atoms with Crippen molar-refractivity contribution in [1.29, 1.82) is 0 Å². The predicted molar refractivity (Wildman–Crippen MR) is 111 cm³/mol. The predicted octanol–water partition coefficient (Wildman–Crippen LogP) is 3.55. The summed E-state index contributed by atoms with van der Waals surface area (Å²) < 4.78 is 0. The number of aromatic amines is 1. The highest BCUT2D eigenvalue weighted by molar-refractivity contribution is 7.17. The van der Waals surface area contributed by atoms with Crippen LogP contribution in [0.25, 0.3) is 0 Å². The molecule has 7 heteroatoms. The van der Waals surface area contributed by atoms with E-state index in [1.54, 1.807) is 17.5 Å². The quantitative estimate of drug-likeness (QED) is 0.664. The molecule has 3 aliphatic carbocycles. The van der Waals surface area contributed by atoms with Gasteiger partial charge >= 0.3 is 0 Å². The molecule has 2 aromatic rings. The summed E-state index contributed by atoms with van der Waals surface area (Å²) in [6.07, 6.45) is 11.8. The Morgan fingerprint density at radius 3 is 2.79 bits per heavy atom. The first-order valence-corrected chi connectivity index (χ1v) is 11.2. The first kappa shape index (κ1) is 17.9. The summed E-state index contributed by atoms with van der Waals surface area (Å²) in [7, 11) is 0. The van der Waals surface area contributed by atoms with Crippen molar-refractivity contribution >= 4 is 28.2 Å². The molecule has 150 valence electrons. The standard InChI is InChI=1S/C21H26N4O2S.H2/c26-19(14-4-5-14)25-21-18(20(27)24-11-12-1-2-12)15-9-13(3-6-16(15)28-21)10-17-22-7-8-23-17;/h7-8,12-14H,1-6,9-11H2,(H,22,23)(H,24,27)(H,25,26);1H/t13-;/m0./s1. The summed E-state index contributed by atoms with van der Waals surface area (Å²) in [6.45, 7) is 0.745. The molecule has 5 rings (SSSR count). The Hall–Kier alpha value is -2.15. The molecular formula is C21H28N4O2S. The fourth-order valence-electron chi connectivity index (χ4n) is 4.05. The second kappa shape index (κ2) is 7.35. The van der Waals surface area contributed by atoms with Gasteiger partial charge in [0.15, 0.2) is 0 Å². The van der Waals surface area contributed by atoms with E-state index >= 15 is 0 Å². The minimum atomic E-state index is -0.0193. The van der Waals surface area contributed by atoms with Crippen LogP contribution < -0.4 is 10.6 Å². The maximum atomic E-state index is 13.0. The number of anilines is 1. The zero-order chi connectivity index (χ0) is 19.1. The lowest BCUT2D eigenvalue weighted by Crippen LogP contribution is -2.28. The number of amides is 2. The van der Waals surface area contributed by atoms with Crippen molar-refractivity contribution in [3.8, 4) is 0 Å². The summed E-state index contributed by atoms with van der Waals surface area (Å²) in [5.41, 5.74) is 1.87. The Bertz CT molecular complexity index is 887. The number of thiophene rings is 1. The van der Waals surface area contributed by atoms with Gasteiger partial charge in [-0.2, -0.15) is 0 Å². The van der Waals surface area contributed by atoms with Crippen LogP contribution in [0.4, 0.5) is 5.00 Å². The molecule has 1 atom stereocenters. The number of hydrogen-bond acceptors (Lipinski definition) is 4. The van der Waals surface area contributed by atoms with Gasteiger partial charge in [-0.25, -0.2) is 4.98 Å². The van der Waals surface area contributed by atoms with Crippen LogP contribution in [-0.2, 0) is 24.1 Å². The van der Waals surface area contributed by atoms with Crippen LogP contribution in [0.1, 0.15) is 60.2 Å². The molecule has 2 fully saturated rings. The number of aryl methyl sites for hydroxylation is 1. The second-order valence-corrected chi connectivity index (χ2v) is 9.58. The van der Waals surface area contributed by atoms with E-state index in [4.69, 9.17) is 0 Å². The van der Waals surface area contributed by atoms with Crippen LogP contribution in [-0.4, -0.2) is 28.3 Å². The van der Waals surface area contributed by atoms with Crippen molar-refractivity contribution in [3.63, 3.8) is 0 Å². The Morgan fingerprint density at radius 2 is 2.07 bits per heavy atom. The molecule has 0 bridgehead atoms. The number of hydrogen-bond donors (Lipinski definition) is 3. The highest BCUT2D eigenvalue weighted by atomic mass is 32.1. The van der Waals surface area contributed by atoms with Gasteiger partial charge in [-0.3, -0.25) is 9.59 Å². The summed E-state index contributed by atoms with van der Waals surface area (Å²) in [5, 5.41) is 6.95. The van der Waals surface area contributed by atoms with E-state index in [0.717, 1.165) is 67.0 Å². The van der Waals surface area contributed by atoms with Crippen LogP contribution in [0.3, 0.4) is 0 Å². The number of imidazole rings is 1. The molecule has 2 amide bonds. The minimum Gasteiger partial charge on any atom is -0.352 e. The van der Waals surface area contributed by atoms with Gasteiger partial charge in [0, 0.05) is 37.6 Å². The molecule has 28 heavy (non-hydrogen) atoms. The van der Waals surface area contributed by atoms with E-state index < -0.39 is 0 Å². The molecule has 2 aromatic heterocycles. The van der Waals surface area contributed by atoms with Crippen molar-refractivity contribution < 1.29 is 11.0 Å². The lowest BCUT2D eigenvalue weighted by atomic mass is 9.84. The molecule has 3 aliphatic rings. The summed E-state index contributed by atoms with van der Waals surface area (Å²) in [6, 6.07) is 0. The first-order chi connectivity index (χ1) is 13.7. The smallest absolute Gasteiger partial charge is 0.254 e. The van der Waals surface area contributed by atoms with E-state index in [1.807, 2.05) is 6.20 Å². The summed E-state index contributed by atoms with van der Waals surface area (Å²) in [5.74, 6) is 2.29. The molecule has 0 aliphatic heterocycles. The van der Waals surface area contributed by atoms with Gasteiger partial charge in [0.2, 0.25) is 5.91 Å². The first-order valence-electron chi connectivity index (χ1n) is 10.4. The monoisotopic (exact) mass is 400 g/mol. The number of nitrogens with one attached hydrogen (secondary N) is 3. The van der Waals surface area contributed by atoms with Gasteiger partial charge in [0.05, 0.1) is 5.56 Å². The molecule has 0 unspecified atom stereocenters. The van der Waals surface area contributed by atoms with Crippen LogP contribution in [0.5, 0.6) is 0 Å². The van der Waals surface area contributed by atoms with Crippen molar-refractivity contribution in [2.75, 3.05) is 11.9 Å². The van der Waals surface area contributed by atoms with E-state index in [9.17, 15) is 9.59 Å². The lowest BCUT2D eigenvalue weighted by Gasteiger charge is -2.22. The van der Waals surface area contributed by atoms with Gasteiger partial charge in [-0.05, 0) is 62.3 Å². The van der Waals surface area contributed by atoms with Gasteiger partial charge in [-0.1, -0.05) is 0 Å². The van der Waals surface area contributed by atoms with Gasteiger partial charge < -0.3 is 15.6 Å². The van der Waals surface area contributed by atoms with E-state index in [0.29, 0.717) is 11.8 Å². The third-order valence-corrected chi connectivity index (χ3v) is 7.27. The SMILES string of the molecule is O=C(NCC1CC1)c1c(NC(=O)C2CC2)sc2c1C[C@@H](Cc1ncc[nH]1)CC2.[HH]. The van der Waals surface area contributed by atoms with Crippen LogP contribution >= 0.6 is 11.3 Å². The van der Waals surface area contributed by atoms with Crippen molar-refractivity contribution in [1.82, 2.24) is 15.3 Å². The lowest BCUT2D eigenvalue weighted by molar-refractivity contribution is -0.117. The maximum absolute atomic E-state index is 13.0. The summed E-state index contributed by atoms with van der Waals surface area (Å²) in [4.78, 5) is 34.2. The van der Waals surface area contributed by atoms with Crippen LogP contribution in [0.15, 0.2) is 12.4 Å². The van der Waals surface area contributed by atoms with Crippen LogP contribution in [0.2, 0.25) is 0 Å². The topological polar surface area (TPSA) is 86.9 Å². The third-order valence-electron chi connectivity index (χ3n) is 6.06. The van der Waals surface area contributed by atoms with E-state index in [2.05, 4.69) is 20.6 Å². The van der Waals surface area contributed by atoms with Gasteiger partial charge in [0.1, 0.15) is 10.8 Å². The highest BCUT2D eigenvalue weighted by Crippen LogP contribution is 2.41.